The van der Waals surface area contributed by atoms with E-state index in [2.05, 4.69) is 17.4 Å². The van der Waals surface area contributed by atoms with Gasteiger partial charge in [0, 0.05) is 12.5 Å². The van der Waals surface area contributed by atoms with E-state index in [1.807, 2.05) is 18.2 Å². The molecule has 0 radical (unpaired) electrons. The molecule has 7 heteroatoms. The Morgan fingerprint density at radius 3 is 2.79 bits per heavy atom. The molecule has 4 rings (SSSR count). The van der Waals surface area contributed by atoms with Crippen LogP contribution in [0.1, 0.15) is 18.4 Å². The normalized spacial score (nSPS) is 17.5. The van der Waals surface area contributed by atoms with Gasteiger partial charge in [-0.3, -0.25) is 9.69 Å². The fourth-order valence-corrected chi connectivity index (χ4v) is 3.31. The minimum atomic E-state index is -0.429. The Hall–Kier alpha value is -3.22. The van der Waals surface area contributed by atoms with Gasteiger partial charge in [-0.1, -0.05) is 30.3 Å². The number of hydrogen-bond donors (Lipinski definition) is 1. The van der Waals surface area contributed by atoms with Gasteiger partial charge >= 0.3 is 6.09 Å². The number of carbonyl (C=O) groups excluding carboxylic acids is 2. The van der Waals surface area contributed by atoms with Gasteiger partial charge in [0.15, 0.2) is 11.5 Å². The average Bonchev–Trinajstić information content (AvgIpc) is 3.32. The molecule has 1 N–H and O–H groups in total. The molecule has 1 fully saturated rings. The molecule has 2 aromatic rings. The maximum Gasteiger partial charge on any atom is 0.414 e. The number of nitrogens with one attached hydrogen (secondary N) is 1. The Kier molecular flexibility index (Phi) is 5.32. The average molecular weight is 382 g/mol. The summed E-state index contributed by atoms with van der Waals surface area (Å²) in [6, 6.07) is 15.4. The number of amides is 2. The lowest BCUT2D eigenvalue weighted by molar-refractivity contribution is -0.121. The zero-order valence-electron chi connectivity index (χ0n) is 15.4. The second-order valence-electron chi connectivity index (χ2n) is 6.80. The molecule has 0 aliphatic carbocycles. The fraction of sp³-hybridized carbons (Fsp3) is 0.333. The summed E-state index contributed by atoms with van der Waals surface area (Å²) in [6.07, 6.45) is 1.29. The third-order valence-corrected chi connectivity index (χ3v) is 4.78. The highest BCUT2D eigenvalue weighted by molar-refractivity contribution is 5.90. The summed E-state index contributed by atoms with van der Waals surface area (Å²) in [5.41, 5.74) is 1.91. The van der Waals surface area contributed by atoms with Crippen LogP contribution in [0.5, 0.6) is 11.5 Å². The SMILES string of the molecule is O=C(CCCc1ccccc1)NC[C@@H]1CN(c2ccc3c(c2)OCO3)C(=O)O1. The molecule has 2 heterocycles. The Balaban J connectivity index is 1.23. The van der Waals surface area contributed by atoms with Crippen LogP contribution >= 0.6 is 0 Å². The monoisotopic (exact) mass is 382 g/mol. The topological polar surface area (TPSA) is 77.1 Å². The minimum Gasteiger partial charge on any atom is -0.454 e. The Morgan fingerprint density at radius 2 is 1.93 bits per heavy atom. The van der Waals surface area contributed by atoms with Gasteiger partial charge in [0.25, 0.3) is 0 Å². The molecule has 2 amide bonds. The number of aryl methyl sites for hydroxylation is 1. The highest BCUT2D eigenvalue weighted by Crippen LogP contribution is 2.36. The van der Waals surface area contributed by atoms with E-state index < -0.39 is 6.09 Å². The van der Waals surface area contributed by atoms with E-state index in [9.17, 15) is 9.59 Å². The summed E-state index contributed by atoms with van der Waals surface area (Å²) in [4.78, 5) is 25.8. The first-order chi connectivity index (χ1) is 13.7. The van der Waals surface area contributed by atoms with Crippen molar-refractivity contribution in [2.24, 2.45) is 0 Å². The van der Waals surface area contributed by atoms with Crippen molar-refractivity contribution in [3.63, 3.8) is 0 Å². The van der Waals surface area contributed by atoms with Crippen molar-refractivity contribution in [1.82, 2.24) is 5.32 Å². The Labute approximate surface area is 163 Å². The predicted octanol–water partition coefficient (Wildman–Crippen LogP) is 2.88. The molecular weight excluding hydrogens is 360 g/mol. The number of rotatable bonds is 7. The molecule has 7 nitrogen and oxygen atoms in total. The van der Waals surface area contributed by atoms with E-state index in [-0.39, 0.29) is 18.8 Å². The molecule has 0 unspecified atom stereocenters. The van der Waals surface area contributed by atoms with Crippen LogP contribution in [-0.2, 0) is 16.0 Å². The largest absolute Gasteiger partial charge is 0.454 e. The van der Waals surface area contributed by atoms with Crippen LogP contribution < -0.4 is 19.7 Å². The molecule has 0 bridgehead atoms. The number of benzene rings is 2. The van der Waals surface area contributed by atoms with Crippen molar-refractivity contribution in [3.8, 4) is 11.5 Å². The molecular formula is C21H22N2O5. The smallest absolute Gasteiger partial charge is 0.414 e. The van der Waals surface area contributed by atoms with Crippen LogP contribution in [0.2, 0.25) is 0 Å². The third kappa shape index (κ3) is 4.19. The Morgan fingerprint density at radius 1 is 1.11 bits per heavy atom. The van der Waals surface area contributed by atoms with Gasteiger partial charge in [0.2, 0.25) is 12.7 Å². The van der Waals surface area contributed by atoms with Crippen LogP contribution in [0.3, 0.4) is 0 Å². The second kappa shape index (κ2) is 8.21. The van der Waals surface area contributed by atoms with E-state index in [0.717, 1.165) is 12.8 Å². The number of carbonyl (C=O) groups is 2. The van der Waals surface area contributed by atoms with Crippen molar-refractivity contribution < 1.29 is 23.8 Å². The summed E-state index contributed by atoms with van der Waals surface area (Å²) >= 11 is 0. The lowest BCUT2D eigenvalue weighted by atomic mass is 10.1. The van der Waals surface area contributed by atoms with E-state index in [1.165, 1.54) is 10.5 Å². The van der Waals surface area contributed by atoms with Gasteiger partial charge in [0.05, 0.1) is 18.8 Å². The number of ether oxygens (including phenoxy) is 3. The van der Waals surface area contributed by atoms with Crippen molar-refractivity contribution in [2.75, 3.05) is 24.8 Å². The van der Waals surface area contributed by atoms with Crippen LogP contribution in [0.25, 0.3) is 0 Å². The van der Waals surface area contributed by atoms with Gasteiger partial charge in [-0.2, -0.15) is 0 Å². The van der Waals surface area contributed by atoms with Gasteiger partial charge in [-0.05, 0) is 30.5 Å². The maximum absolute atomic E-state index is 12.2. The molecule has 2 aliphatic heterocycles. The highest BCUT2D eigenvalue weighted by Gasteiger charge is 2.33. The standard InChI is InChI=1S/C21H22N2O5/c24-20(8-4-7-15-5-2-1-3-6-15)22-12-17-13-23(21(25)28-17)16-9-10-18-19(11-16)27-14-26-18/h1-3,5-6,9-11,17H,4,7-8,12-14H2,(H,22,24)/t17-/m1/s1. The first-order valence-electron chi connectivity index (χ1n) is 9.37. The number of fused-ring (bicyclic) bond motifs is 1. The first kappa shape index (κ1) is 18.2. The lowest BCUT2D eigenvalue weighted by Crippen LogP contribution is -2.34. The molecule has 2 aliphatic rings. The van der Waals surface area contributed by atoms with E-state index in [0.29, 0.717) is 36.7 Å². The Bertz CT molecular complexity index is 855. The highest BCUT2D eigenvalue weighted by atomic mass is 16.7. The van der Waals surface area contributed by atoms with E-state index in [1.54, 1.807) is 18.2 Å². The minimum absolute atomic E-state index is 0.0338. The summed E-state index contributed by atoms with van der Waals surface area (Å²) in [5.74, 6) is 1.24. The number of hydrogen-bond acceptors (Lipinski definition) is 5. The van der Waals surface area contributed by atoms with Crippen molar-refractivity contribution in [1.29, 1.82) is 0 Å². The summed E-state index contributed by atoms with van der Waals surface area (Å²) in [5, 5.41) is 2.86. The van der Waals surface area contributed by atoms with Crippen LogP contribution in [0, 0.1) is 0 Å². The fourth-order valence-electron chi connectivity index (χ4n) is 3.31. The van der Waals surface area contributed by atoms with E-state index >= 15 is 0 Å². The molecule has 2 aromatic carbocycles. The summed E-state index contributed by atoms with van der Waals surface area (Å²) < 4.78 is 16.0. The second-order valence-corrected chi connectivity index (χ2v) is 6.80. The van der Waals surface area contributed by atoms with Crippen LogP contribution in [0.15, 0.2) is 48.5 Å². The van der Waals surface area contributed by atoms with Crippen LogP contribution in [0.4, 0.5) is 10.5 Å². The van der Waals surface area contributed by atoms with Crippen LogP contribution in [-0.4, -0.2) is 38.0 Å². The molecule has 1 atom stereocenters. The summed E-state index contributed by atoms with van der Waals surface area (Å²) in [7, 11) is 0. The van der Waals surface area contributed by atoms with Crippen molar-refractivity contribution >= 4 is 17.7 Å². The quantitative estimate of drug-likeness (QED) is 0.797. The van der Waals surface area contributed by atoms with Gasteiger partial charge in [0.1, 0.15) is 6.10 Å². The van der Waals surface area contributed by atoms with Gasteiger partial charge < -0.3 is 19.5 Å². The first-order valence-corrected chi connectivity index (χ1v) is 9.37. The van der Waals surface area contributed by atoms with Gasteiger partial charge in [-0.15, -0.1) is 0 Å². The summed E-state index contributed by atoms with van der Waals surface area (Å²) in [6.45, 7) is 0.863. The maximum atomic E-state index is 12.2. The molecule has 28 heavy (non-hydrogen) atoms. The van der Waals surface area contributed by atoms with Gasteiger partial charge in [-0.25, -0.2) is 4.79 Å². The molecule has 146 valence electrons. The molecule has 0 spiro atoms. The number of anilines is 1. The zero-order chi connectivity index (χ0) is 19.3. The predicted molar refractivity (Wildman–Crippen MR) is 103 cm³/mol. The molecule has 0 saturated carbocycles. The number of nitrogens with zero attached hydrogens (tertiary/aromatic N) is 1. The molecule has 0 aromatic heterocycles. The molecule has 1 saturated heterocycles. The van der Waals surface area contributed by atoms with Crippen molar-refractivity contribution in [3.05, 3.63) is 54.1 Å². The van der Waals surface area contributed by atoms with Crippen molar-refractivity contribution in [2.45, 2.75) is 25.4 Å². The third-order valence-electron chi connectivity index (χ3n) is 4.78. The number of cyclic esters (lactones) is 1. The zero-order valence-corrected chi connectivity index (χ0v) is 15.4. The lowest BCUT2D eigenvalue weighted by Gasteiger charge is -2.13. The van der Waals surface area contributed by atoms with E-state index in [4.69, 9.17) is 14.2 Å².